The molecule has 150 valence electrons. The van der Waals surface area contributed by atoms with Crippen LogP contribution in [0.15, 0.2) is 58.8 Å². The van der Waals surface area contributed by atoms with E-state index in [1.165, 1.54) is 22.9 Å². The third kappa shape index (κ3) is 4.15. The standard InChI is InChI=1S/C22H24N4O2S/c1-3-12-26-21(20-15(2)11-13-28-20)24-25-22(26)29-14-19(27)23-18-10-6-8-16-7-4-5-9-17(16)18/h3-5,7,9,11,13,18H,1,6,8,10,12,14H2,2H3,(H,23,27). The Balaban J connectivity index is 1.44. The summed E-state index contributed by atoms with van der Waals surface area (Å²) in [5.41, 5.74) is 3.57. The van der Waals surface area contributed by atoms with Gasteiger partial charge in [-0.05, 0) is 48.9 Å². The van der Waals surface area contributed by atoms with Crippen LogP contribution in [-0.2, 0) is 17.8 Å². The summed E-state index contributed by atoms with van der Waals surface area (Å²) in [6.45, 7) is 6.33. The quantitative estimate of drug-likeness (QED) is 0.466. The van der Waals surface area contributed by atoms with Gasteiger partial charge in [0.05, 0.1) is 18.1 Å². The number of nitrogens with zero attached hydrogens (tertiary/aromatic N) is 3. The number of nitrogens with one attached hydrogen (secondary N) is 1. The molecule has 0 saturated carbocycles. The van der Waals surface area contributed by atoms with Crippen LogP contribution in [-0.4, -0.2) is 26.4 Å². The van der Waals surface area contributed by atoms with Gasteiger partial charge in [-0.2, -0.15) is 0 Å². The summed E-state index contributed by atoms with van der Waals surface area (Å²) in [6, 6.07) is 10.3. The number of rotatable bonds is 7. The number of amides is 1. The Bertz CT molecular complexity index is 1020. The largest absolute Gasteiger partial charge is 0.461 e. The lowest BCUT2D eigenvalue weighted by molar-refractivity contribution is -0.119. The number of hydrogen-bond donors (Lipinski definition) is 1. The average molecular weight is 409 g/mol. The van der Waals surface area contributed by atoms with Gasteiger partial charge in [0.2, 0.25) is 11.7 Å². The van der Waals surface area contributed by atoms with Gasteiger partial charge in [0.1, 0.15) is 0 Å². The van der Waals surface area contributed by atoms with Crippen LogP contribution in [0.5, 0.6) is 0 Å². The monoisotopic (exact) mass is 408 g/mol. The van der Waals surface area contributed by atoms with Crippen molar-refractivity contribution in [1.82, 2.24) is 20.1 Å². The van der Waals surface area contributed by atoms with Gasteiger partial charge < -0.3 is 9.73 Å². The van der Waals surface area contributed by atoms with Gasteiger partial charge in [-0.25, -0.2) is 0 Å². The van der Waals surface area contributed by atoms with Crippen molar-refractivity contribution in [2.45, 2.75) is 43.9 Å². The van der Waals surface area contributed by atoms with E-state index in [2.05, 4.69) is 40.3 Å². The molecule has 2 aromatic heterocycles. The molecular formula is C22H24N4O2S. The second-order valence-corrected chi connectivity index (χ2v) is 8.08. The minimum Gasteiger partial charge on any atom is -0.461 e. The van der Waals surface area contributed by atoms with E-state index in [-0.39, 0.29) is 17.7 Å². The molecule has 0 aliphatic heterocycles. The fourth-order valence-electron chi connectivity index (χ4n) is 3.73. The second kappa shape index (κ2) is 8.69. The summed E-state index contributed by atoms with van der Waals surface area (Å²) in [5.74, 6) is 1.62. The third-order valence-electron chi connectivity index (χ3n) is 5.13. The van der Waals surface area contributed by atoms with Gasteiger partial charge in [-0.1, -0.05) is 42.1 Å². The van der Waals surface area contributed by atoms with Crippen molar-refractivity contribution in [3.63, 3.8) is 0 Å². The second-order valence-electron chi connectivity index (χ2n) is 7.14. The lowest BCUT2D eigenvalue weighted by Gasteiger charge is -2.26. The van der Waals surface area contributed by atoms with Crippen LogP contribution >= 0.6 is 11.8 Å². The molecule has 0 saturated heterocycles. The van der Waals surface area contributed by atoms with E-state index in [0.29, 0.717) is 23.3 Å². The van der Waals surface area contributed by atoms with Crippen LogP contribution in [0.4, 0.5) is 0 Å². The molecule has 1 N–H and O–H groups in total. The Kier molecular flexibility index (Phi) is 5.85. The molecule has 1 aliphatic rings. The highest BCUT2D eigenvalue weighted by Gasteiger charge is 2.22. The number of hydrogen-bond acceptors (Lipinski definition) is 5. The zero-order chi connectivity index (χ0) is 20.2. The van der Waals surface area contributed by atoms with Crippen molar-refractivity contribution < 1.29 is 9.21 Å². The molecule has 1 unspecified atom stereocenters. The highest BCUT2D eigenvalue weighted by Crippen LogP contribution is 2.30. The molecule has 4 rings (SSSR count). The number of fused-ring (bicyclic) bond motifs is 1. The predicted molar refractivity (Wildman–Crippen MR) is 114 cm³/mol. The number of furan rings is 1. The van der Waals surface area contributed by atoms with E-state index >= 15 is 0 Å². The molecule has 29 heavy (non-hydrogen) atoms. The minimum absolute atomic E-state index is 0.000542. The van der Waals surface area contributed by atoms with Crippen molar-refractivity contribution in [3.05, 3.63) is 65.9 Å². The van der Waals surface area contributed by atoms with Crippen molar-refractivity contribution in [3.8, 4) is 11.6 Å². The molecule has 0 spiro atoms. The zero-order valence-corrected chi connectivity index (χ0v) is 17.2. The van der Waals surface area contributed by atoms with Crippen LogP contribution in [0.3, 0.4) is 0 Å². The number of carbonyl (C=O) groups excluding carboxylic acids is 1. The van der Waals surface area contributed by atoms with Crippen molar-refractivity contribution in [2.24, 2.45) is 0 Å². The Labute approximate surface area is 174 Å². The summed E-state index contributed by atoms with van der Waals surface area (Å²) in [7, 11) is 0. The van der Waals surface area contributed by atoms with E-state index in [4.69, 9.17) is 4.42 Å². The first-order valence-electron chi connectivity index (χ1n) is 9.76. The van der Waals surface area contributed by atoms with Gasteiger partial charge in [-0.3, -0.25) is 9.36 Å². The maximum absolute atomic E-state index is 12.6. The summed E-state index contributed by atoms with van der Waals surface area (Å²) < 4.78 is 7.49. The van der Waals surface area contributed by atoms with Gasteiger partial charge >= 0.3 is 0 Å². The third-order valence-corrected chi connectivity index (χ3v) is 6.10. The van der Waals surface area contributed by atoms with Crippen molar-refractivity contribution in [2.75, 3.05) is 5.75 Å². The molecule has 2 heterocycles. The van der Waals surface area contributed by atoms with Crippen molar-refractivity contribution >= 4 is 17.7 Å². The van der Waals surface area contributed by atoms with E-state index in [0.717, 1.165) is 24.8 Å². The molecule has 1 amide bonds. The molecule has 3 aromatic rings. The fraction of sp³-hybridized carbons (Fsp3) is 0.318. The van der Waals surface area contributed by atoms with Gasteiger partial charge in [0.15, 0.2) is 10.9 Å². The number of aryl methyl sites for hydroxylation is 2. The van der Waals surface area contributed by atoms with Gasteiger partial charge in [0.25, 0.3) is 0 Å². The molecule has 1 atom stereocenters. The number of aromatic nitrogens is 3. The first kappa shape index (κ1) is 19.5. The Morgan fingerprint density at radius 1 is 1.38 bits per heavy atom. The van der Waals surface area contributed by atoms with Crippen LogP contribution in [0.2, 0.25) is 0 Å². The molecule has 1 aliphatic carbocycles. The van der Waals surface area contributed by atoms with Crippen LogP contribution in [0.25, 0.3) is 11.6 Å². The SMILES string of the molecule is C=CCn1c(SCC(=O)NC2CCCc3ccccc32)nnc1-c1occc1C. The molecular weight excluding hydrogens is 384 g/mol. The van der Waals surface area contributed by atoms with Gasteiger partial charge in [0, 0.05) is 6.54 Å². The highest BCUT2D eigenvalue weighted by molar-refractivity contribution is 7.99. The zero-order valence-electron chi connectivity index (χ0n) is 16.4. The molecule has 0 fully saturated rings. The Morgan fingerprint density at radius 2 is 2.24 bits per heavy atom. The maximum atomic E-state index is 12.6. The number of thioether (sulfide) groups is 1. The van der Waals surface area contributed by atoms with Gasteiger partial charge in [-0.15, -0.1) is 16.8 Å². The summed E-state index contributed by atoms with van der Waals surface area (Å²) in [6.07, 6.45) is 6.57. The van der Waals surface area contributed by atoms with E-state index < -0.39 is 0 Å². The minimum atomic E-state index is 0.000542. The number of allylic oxidation sites excluding steroid dienone is 1. The molecule has 0 radical (unpaired) electrons. The predicted octanol–water partition coefficient (Wildman–Crippen LogP) is 4.32. The summed E-state index contributed by atoms with van der Waals surface area (Å²) in [4.78, 5) is 12.6. The topological polar surface area (TPSA) is 73.0 Å². The molecule has 7 heteroatoms. The summed E-state index contributed by atoms with van der Waals surface area (Å²) >= 11 is 1.38. The van der Waals surface area contributed by atoms with E-state index in [9.17, 15) is 4.79 Å². The number of benzene rings is 1. The molecule has 1 aromatic carbocycles. The highest BCUT2D eigenvalue weighted by atomic mass is 32.2. The first-order valence-corrected chi connectivity index (χ1v) is 10.7. The Hall–Kier alpha value is -2.80. The van der Waals surface area contributed by atoms with Crippen molar-refractivity contribution in [1.29, 1.82) is 0 Å². The average Bonchev–Trinajstić information content (AvgIpc) is 3.32. The van der Waals surface area contributed by atoms with E-state index in [1.54, 1.807) is 12.3 Å². The first-order chi connectivity index (χ1) is 14.2. The fourth-order valence-corrected chi connectivity index (χ4v) is 4.49. The lowest BCUT2D eigenvalue weighted by Crippen LogP contribution is -2.32. The smallest absolute Gasteiger partial charge is 0.230 e. The molecule has 0 bridgehead atoms. The maximum Gasteiger partial charge on any atom is 0.230 e. The lowest BCUT2D eigenvalue weighted by atomic mass is 9.88. The Morgan fingerprint density at radius 3 is 3.03 bits per heavy atom. The van der Waals surface area contributed by atoms with Crippen LogP contribution in [0.1, 0.15) is 35.6 Å². The van der Waals surface area contributed by atoms with Crippen LogP contribution < -0.4 is 5.32 Å². The number of carbonyl (C=O) groups is 1. The van der Waals surface area contributed by atoms with E-state index in [1.807, 2.05) is 23.6 Å². The van der Waals surface area contributed by atoms with Crippen LogP contribution in [0, 0.1) is 6.92 Å². The normalized spacial score (nSPS) is 15.7. The molecule has 6 nitrogen and oxygen atoms in total. The summed E-state index contributed by atoms with van der Waals surface area (Å²) in [5, 5.41) is 12.4.